The van der Waals surface area contributed by atoms with Crippen molar-refractivity contribution in [3.05, 3.63) is 42.2 Å². The molecular formula is C21H21N5O2. The quantitative estimate of drug-likeness (QED) is 0.730. The zero-order chi connectivity index (χ0) is 19.3. The smallest absolute Gasteiger partial charge is 0.265 e. The van der Waals surface area contributed by atoms with E-state index >= 15 is 0 Å². The molecule has 2 aliphatic rings. The molecule has 0 saturated heterocycles. The first kappa shape index (κ1) is 16.8. The molecule has 0 atom stereocenters. The second-order valence-corrected chi connectivity index (χ2v) is 7.45. The fraction of sp³-hybridized carbons (Fsp3) is 0.286. The highest BCUT2D eigenvalue weighted by Crippen LogP contribution is 2.40. The van der Waals surface area contributed by atoms with Crippen LogP contribution in [0.4, 0.5) is 11.6 Å². The number of hydrogen-bond donors (Lipinski definition) is 2. The number of fused-ring (bicyclic) bond motifs is 1. The first-order valence-electron chi connectivity index (χ1n) is 9.44. The van der Waals surface area contributed by atoms with Gasteiger partial charge in [0.1, 0.15) is 5.75 Å². The minimum absolute atomic E-state index is 0.00524. The third-order valence-electron chi connectivity index (χ3n) is 5.22. The molecule has 3 aromatic rings. The van der Waals surface area contributed by atoms with Gasteiger partial charge in [0.05, 0.1) is 17.1 Å². The van der Waals surface area contributed by atoms with Crippen molar-refractivity contribution < 1.29 is 9.53 Å². The van der Waals surface area contributed by atoms with Crippen LogP contribution in [0.1, 0.15) is 18.5 Å². The molecule has 0 spiro atoms. The van der Waals surface area contributed by atoms with E-state index in [1.165, 1.54) is 12.8 Å². The normalized spacial score (nSPS) is 16.0. The fourth-order valence-electron chi connectivity index (χ4n) is 3.62. The van der Waals surface area contributed by atoms with Crippen molar-refractivity contribution >= 4 is 17.5 Å². The number of amides is 1. The SMILES string of the molecule is Cc1cc(-c2nc(N)[nH]c2-c2ccc3c(c2)N(CC2CC2)C(=O)CO3)ccn1. The number of rotatable bonds is 4. The van der Waals surface area contributed by atoms with E-state index in [1.807, 2.05) is 42.2 Å². The number of nitrogen functional groups attached to an aromatic ring is 1. The third kappa shape index (κ3) is 2.98. The average Bonchev–Trinajstić information content (AvgIpc) is 3.43. The van der Waals surface area contributed by atoms with E-state index in [-0.39, 0.29) is 12.5 Å². The van der Waals surface area contributed by atoms with Crippen molar-refractivity contribution in [1.29, 1.82) is 0 Å². The van der Waals surface area contributed by atoms with Crippen molar-refractivity contribution in [3.8, 4) is 28.3 Å². The molecule has 7 nitrogen and oxygen atoms in total. The molecule has 1 aliphatic heterocycles. The first-order valence-corrected chi connectivity index (χ1v) is 9.44. The van der Waals surface area contributed by atoms with Crippen LogP contribution in [0.2, 0.25) is 0 Å². The van der Waals surface area contributed by atoms with Gasteiger partial charge in [0, 0.05) is 29.6 Å². The number of aryl methyl sites for hydroxylation is 1. The summed E-state index contributed by atoms with van der Waals surface area (Å²) in [6.45, 7) is 2.79. The number of anilines is 2. The van der Waals surface area contributed by atoms with Gasteiger partial charge in [0.25, 0.3) is 5.91 Å². The zero-order valence-electron chi connectivity index (χ0n) is 15.6. The number of nitrogens with one attached hydrogen (secondary N) is 1. The number of aromatic amines is 1. The summed E-state index contributed by atoms with van der Waals surface area (Å²) in [6.07, 6.45) is 4.13. The molecule has 0 unspecified atom stereocenters. The monoisotopic (exact) mass is 375 g/mol. The maximum atomic E-state index is 12.5. The molecule has 5 rings (SSSR count). The molecule has 1 saturated carbocycles. The minimum Gasteiger partial charge on any atom is -0.482 e. The van der Waals surface area contributed by atoms with Crippen molar-refractivity contribution in [2.75, 3.05) is 23.8 Å². The summed E-state index contributed by atoms with van der Waals surface area (Å²) >= 11 is 0. The molecule has 3 N–H and O–H groups in total. The Morgan fingerprint density at radius 1 is 1.25 bits per heavy atom. The molecule has 1 aliphatic carbocycles. The van der Waals surface area contributed by atoms with E-state index in [9.17, 15) is 4.79 Å². The summed E-state index contributed by atoms with van der Waals surface area (Å²) in [5.74, 6) is 1.68. The number of hydrogen-bond acceptors (Lipinski definition) is 5. The van der Waals surface area contributed by atoms with Crippen LogP contribution in [0.5, 0.6) is 5.75 Å². The predicted molar refractivity (Wildman–Crippen MR) is 107 cm³/mol. The maximum absolute atomic E-state index is 12.5. The van der Waals surface area contributed by atoms with Crippen LogP contribution in [-0.2, 0) is 4.79 Å². The Balaban J connectivity index is 1.60. The number of ether oxygens (including phenoxy) is 1. The van der Waals surface area contributed by atoms with Gasteiger partial charge in [-0.15, -0.1) is 0 Å². The van der Waals surface area contributed by atoms with Crippen LogP contribution in [-0.4, -0.2) is 34.0 Å². The Labute approximate surface area is 162 Å². The minimum atomic E-state index is 0.00524. The van der Waals surface area contributed by atoms with Crippen LogP contribution in [0.15, 0.2) is 36.5 Å². The van der Waals surface area contributed by atoms with Crippen molar-refractivity contribution in [2.45, 2.75) is 19.8 Å². The van der Waals surface area contributed by atoms with Gasteiger partial charge in [-0.2, -0.15) is 0 Å². The number of carbonyl (C=O) groups excluding carboxylic acids is 1. The van der Waals surface area contributed by atoms with E-state index in [4.69, 9.17) is 10.5 Å². The maximum Gasteiger partial charge on any atom is 0.265 e. The Hall–Kier alpha value is -3.35. The van der Waals surface area contributed by atoms with E-state index in [2.05, 4.69) is 15.0 Å². The lowest BCUT2D eigenvalue weighted by atomic mass is 10.0. The van der Waals surface area contributed by atoms with Crippen molar-refractivity contribution in [3.63, 3.8) is 0 Å². The summed E-state index contributed by atoms with van der Waals surface area (Å²) < 4.78 is 5.64. The number of imidazole rings is 1. The van der Waals surface area contributed by atoms with Gasteiger partial charge in [-0.1, -0.05) is 0 Å². The highest BCUT2D eigenvalue weighted by Gasteiger charge is 2.32. The number of benzene rings is 1. The molecule has 1 aromatic carbocycles. The number of carbonyl (C=O) groups is 1. The largest absolute Gasteiger partial charge is 0.482 e. The van der Waals surface area contributed by atoms with Crippen LogP contribution in [0.25, 0.3) is 22.5 Å². The average molecular weight is 375 g/mol. The van der Waals surface area contributed by atoms with Gasteiger partial charge in [-0.25, -0.2) is 4.98 Å². The van der Waals surface area contributed by atoms with Gasteiger partial charge in [0.15, 0.2) is 12.6 Å². The number of nitrogens with zero attached hydrogens (tertiary/aromatic N) is 3. The van der Waals surface area contributed by atoms with Crippen molar-refractivity contribution in [2.24, 2.45) is 5.92 Å². The lowest BCUT2D eigenvalue weighted by molar-refractivity contribution is -0.121. The van der Waals surface area contributed by atoms with E-state index in [1.54, 1.807) is 6.20 Å². The Bertz CT molecular complexity index is 1070. The molecule has 142 valence electrons. The van der Waals surface area contributed by atoms with Crippen LogP contribution in [0.3, 0.4) is 0 Å². The summed E-state index contributed by atoms with van der Waals surface area (Å²) in [5, 5.41) is 0. The molecule has 0 radical (unpaired) electrons. The highest BCUT2D eigenvalue weighted by atomic mass is 16.5. The molecule has 1 amide bonds. The third-order valence-corrected chi connectivity index (χ3v) is 5.22. The number of aromatic nitrogens is 3. The lowest BCUT2D eigenvalue weighted by Crippen LogP contribution is -2.40. The molecule has 7 heteroatoms. The summed E-state index contributed by atoms with van der Waals surface area (Å²) in [6, 6.07) is 9.75. The Morgan fingerprint density at radius 3 is 2.89 bits per heavy atom. The van der Waals surface area contributed by atoms with E-state index < -0.39 is 0 Å². The summed E-state index contributed by atoms with van der Waals surface area (Å²) in [7, 11) is 0. The Kier molecular flexibility index (Phi) is 3.82. The second kappa shape index (κ2) is 6.37. The van der Waals surface area contributed by atoms with E-state index in [0.717, 1.165) is 46.2 Å². The van der Waals surface area contributed by atoms with Gasteiger partial charge >= 0.3 is 0 Å². The zero-order valence-corrected chi connectivity index (χ0v) is 15.6. The Morgan fingerprint density at radius 2 is 2.11 bits per heavy atom. The lowest BCUT2D eigenvalue weighted by Gasteiger charge is -2.30. The van der Waals surface area contributed by atoms with Gasteiger partial charge < -0.3 is 20.4 Å². The second-order valence-electron chi connectivity index (χ2n) is 7.45. The molecule has 28 heavy (non-hydrogen) atoms. The number of pyridine rings is 1. The number of nitrogens with two attached hydrogens (primary N) is 1. The van der Waals surface area contributed by atoms with Gasteiger partial charge in [-0.05, 0) is 56.0 Å². The van der Waals surface area contributed by atoms with E-state index in [0.29, 0.717) is 11.9 Å². The fourth-order valence-corrected chi connectivity index (χ4v) is 3.62. The first-order chi connectivity index (χ1) is 13.6. The summed E-state index contributed by atoms with van der Waals surface area (Å²) in [4.78, 5) is 26.2. The van der Waals surface area contributed by atoms with Gasteiger partial charge in [0.2, 0.25) is 0 Å². The molecule has 1 fully saturated rings. The standard InChI is InChI=1S/C21H21N5O2/c1-12-8-15(6-7-23-12)20-19(24-21(22)25-20)14-4-5-17-16(9-14)26(10-13-2-3-13)18(27)11-28-17/h4-9,13H,2-3,10-11H2,1H3,(H3,22,24,25). The van der Waals surface area contributed by atoms with Crippen LogP contribution in [0, 0.1) is 12.8 Å². The van der Waals surface area contributed by atoms with Crippen LogP contribution < -0.4 is 15.4 Å². The molecule has 2 aromatic heterocycles. The molecule has 3 heterocycles. The topological polar surface area (TPSA) is 97.1 Å². The highest BCUT2D eigenvalue weighted by molar-refractivity contribution is 5.99. The summed E-state index contributed by atoms with van der Waals surface area (Å²) in [5.41, 5.74) is 11.1. The van der Waals surface area contributed by atoms with Crippen LogP contribution >= 0.6 is 0 Å². The molecular weight excluding hydrogens is 354 g/mol. The van der Waals surface area contributed by atoms with Gasteiger partial charge in [-0.3, -0.25) is 9.78 Å². The predicted octanol–water partition coefficient (Wildman–Crippen LogP) is 3.16. The van der Waals surface area contributed by atoms with Crippen molar-refractivity contribution in [1.82, 2.24) is 15.0 Å². The number of H-pyrrole nitrogens is 1. The molecule has 0 bridgehead atoms.